The van der Waals surface area contributed by atoms with E-state index in [1.54, 1.807) is 0 Å². The summed E-state index contributed by atoms with van der Waals surface area (Å²) in [5, 5.41) is 8.85. The van der Waals surface area contributed by atoms with Gasteiger partial charge in [0.05, 0.1) is 12.3 Å². The van der Waals surface area contributed by atoms with E-state index in [1.807, 2.05) is 30.3 Å². The fourth-order valence-electron chi connectivity index (χ4n) is 3.40. The molecule has 0 radical (unpaired) electrons. The number of carbonyl (C=O) groups is 2. The Balaban J connectivity index is 1.38. The molecule has 0 atom stereocenters. The van der Waals surface area contributed by atoms with Crippen molar-refractivity contribution >= 4 is 17.5 Å². The van der Waals surface area contributed by atoms with E-state index < -0.39 is 0 Å². The predicted molar refractivity (Wildman–Crippen MR) is 103 cm³/mol. The van der Waals surface area contributed by atoms with Crippen molar-refractivity contribution in [3.63, 3.8) is 0 Å². The van der Waals surface area contributed by atoms with Gasteiger partial charge in [-0.25, -0.2) is 5.01 Å². The zero-order valence-electron chi connectivity index (χ0n) is 15.2. The van der Waals surface area contributed by atoms with Crippen LogP contribution in [-0.4, -0.2) is 35.6 Å². The van der Waals surface area contributed by atoms with Crippen LogP contribution in [0.3, 0.4) is 0 Å². The summed E-state index contributed by atoms with van der Waals surface area (Å²) in [4.78, 5) is 24.2. The van der Waals surface area contributed by atoms with Crippen LogP contribution in [0, 0.1) is 0 Å². The lowest BCUT2D eigenvalue weighted by Gasteiger charge is -2.13. The van der Waals surface area contributed by atoms with Crippen LogP contribution in [0.25, 0.3) is 0 Å². The Hall–Kier alpha value is -2.43. The summed E-state index contributed by atoms with van der Waals surface area (Å²) in [5.41, 5.74) is 3.44. The lowest BCUT2D eigenvalue weighted by Crippen LogP contribution is -2.28. The normalized spacial score (nSPS) is 16.8. The number of hydrogen-bond acceptors (Lipinski definition) is 3. The SMILES string of the molecule is O=C(CCC(=O)N1CCC(c2ccccc2)=N1)NCCC1=CCCCC1. The Bertz CT molecular complexity index is 694. The van der Waals surface area contributed by atoms with Crippen LogP contribution in [0.15, 0.2) is 47.1 Å². The van der Waals surface area contributed by atoms with Gasteiger partial charge in [0.2, 0.25) is 11.8 Å². The number of hydrogen-bond donors (Lipinski definition) is 1. The van der Waals surface area contributed by atoms with Gasteiger partial charge in [-0.3, -0.25) is 9.59 Å². The molecule has 0 fully saturated rings. The Kier molecular flexibility index (Phi) is 6.58. The molecule has 0 aromatic heterocycles. The predicted octanol–water partition coefficient (Wildman–Crippen LogP) is 3.41. The highest BCUT2D eigenvalue weighted by Crippen LogP contribution is 2.19. The van der Waals surface area contributed by atoms with Crippen molar-refractivity contribution in [2.75, 3.05) is 13.1 Å². The standard InChI is InChI=1S/C21H27N3O2/c25-20(22-15-13-17-7-3-1-4-8-17)11-12-21(26)24-16-14-19(23-24)18-9-5-2-6-10-18/h2,5-7,9-10H,1,3-4,8,11-16H2,(H,22,25). The highest BCUT2D eigenvalue weighted by molar-refractivity contribution is 6.02. The van der Waals surface area contributed by atoms with E-state index >= 15 is 0 Å². The van der Waals surface area contributed by atoms with E-state index in [2.05, 4.69) is 16.5 Å². The van der Waals surface area contributed by atoms with Gasteiger partial charge in [-0.2, -0.15) is 5.10 Å². The lowest BCUT2D eigenvalue weighted by molar-refractivity contribution is -0.133. The Morgan fingerprint density at radius 1 is 1.08 bits per heavy atom. The second kappa shape index (κ2) is 9.32. The number of carbonyl (C=O) groups excluding carboxylic acids is 2. The molecule has 0 bridgehead atoms. The van der Waals surface area contributed by atoms with Gasteiger partial charge in [0.15, 0.2) is 0 Å². The fraction of sp³-hybridized carbons (Fsp3) is 0.476. The first-order chi connectivity index (χ1) is 12.7. The highest BCUT2D eigenvalue weighted by Gasteiger charge is 2.21. The molecule has 2 amide bonds. The van der Waals surface area contributed by atoms with Crippen molar-refractivity contribution < 1.29 is 9.59 Å². The molecule has 1 aliphatic heterocycles. The van der Waals surface area contributed by atoms with E-state index in [4.69, 9.17) is 0 Å². The molecule has 1 heterocycles. The van der Waals surface area contributed by atoms with Crippen molar-refractivity contribution in [1.82, 2.24) is 10.3 Å². The molecule has 1 aromatic carbocycles. The number of nitrogens with zero attached hydrogens (tertiary/aromatic N) is 2. The minimum absolute atomic E-state index is 0.0544. The minimum Gasteiger partial charge on any atom is -0.356 e. The number of hydrazone groups is 1. The first-order valence-electron chi connectivity index (χ1n) is 9.60. The first-order valence-corrected chi connectivity index (χ1v) is 9.60. The largest absolute Gasteiger partial charge is 0.356 e. The molecular formula is C21H27N3O2. The molecule has 1 N–H and O–H groups in total. The van der Waals surface area contributed by atoms with Gasteiger partial charge < -0.3 is 5.32 Å². The van der Waals surface area contributed by atoms with E-state index in [0.717, 1.165) is 30.5 Å². The summed E-state index contributed by atoms with van der Waals surface area (Å²) in [6.45, 7) is 1.26. The molecule has 0 saturated carbocycles. The van der Waals surface area contributed by atoms with Gasteiger partial charge in [-0.1, -0.05) is 42.0 Å². The van der Waals surface area contributed by atoms with Crippen LogP contribution in [-0.2, 0) is 9.59 Å². The zero-order chi connectivity index (χ0) is 18.2. The number of allylic oxidation sites excluding steroid dienone is 1. The minimum atomic E-state index is -0.0823. The molecular weight excluding hydrogens is 326 g/mol. The molecule has 2 aliphatic rings. The number of nitrogens with one attached hydrogen (secondary N) is 1. The van der Waals surface area contributed by atoms with Gasteiger partial charge in [0.1, 0.15) is 0 Å². The summed E-state index contributed by atoms with van der Waals surface area (Å²) in [6, 6.07) is 9.90. The third kappa shape index (κ3) is 5.28. The van der Waals surface area contributed by atoms with Crippen molar-refractivity contribution in [3.8, 4) is 0 Å². The monoisotopic (exact) mass is 353 g/mol. The van der Waals surface area contributed by atoms with Crippen molar-refractivity contribution in [1.29, 1.82) is 0 Å². The second-order valence-corrected chi connectivity index (χ2v) is 6.89. The first kappa shape index (κ1) is 18.4. The molecule has 5 heteroatoms. The lowest BCUT2D eigenvalue weighted by atomic mass is 9.97. The Labute approximate surface area is 155 Å². The van der Waals surface area contributed by atoms with Crippen LogP contribution in [0.4, 0.5) is 0 Å². The fourth-order valence-corrected chi connectivity index (χ4v) is 3.40. The van der Waals surface area contributed by atoms with Gasteiger partial charge in [0.25, 0.3) is 0 Å². The molecule has 138 valence electrons. The smallest absolute Gasteiger partial charge is 0.243 e. The van der Waals surface area contributed by atoms with Gasteiger partial charge >= 0.3 is 0 Å². The van der Waals surface area contributed by atoms with Gasteiger partial charge in [-0.05, 0) is 37.7 Å². The quantitative estimate of drug-likeness (QED) is 0.764. The molecule has 1 aliphatic carbocycles. The summed E-state index contributed by atoms with van der Waals surface area (Å²) in [5.74, 6) is -0.137. The maximum absolute atomic E-state index is 12.3. The van der Waals surface area contributed by atoms with Crippen LogP contribution in [0.2, 0.25) is 0 Å². The van der Waals surface area contributed by atoms with Gasteiger partial charge in [0, 0.05) is 25.8 Å². The molecule has 1 aromatic rings. The molecule has 26 heavy (non-hydrogen) atoms. The van der Waals surface area contributed by atoms with Crippen LogP contribution < -0.4 is 5.32 Å². The third-order valence-corrected chi connectivity index (χ3v) is 4.92. The number of rotatable bonds is 7. The summed E-state index contributed by atoms with van der Waals surface area (Å²) >= 11 is 0. The summed E-state index contributed by atoms with van der Waals surface area (Å²) < 4.78 is 0. The zero-order valence-corrected chi connectivity index (χ0v) is 15.2. The third-order valence-electron chi connectivity index (χ3n) is 4.92. The van der Waals surface area contributed by atoms with Gasteiger partial charge in [-0.15, -0.1) is 0 Å². The topological polar surface area (TPSA) is 61.8 Å². The Morgan fingerprint density at radius 2 is 1.92 bits per heavy atom. The molecule has 3 rings (SSSR count). The van der Waals surface area contributed by atoms with E-state index in [0.29, 0.717) is 13.1 Å². The number of amides is 2. The summed E-state index contributed by atoms with van der Waals surface area (Å²) in [6.07, 6.45) is 9.29. The highest BCUT2D eigenvalue weighted by atomic mass is 16.2. The maximum Gasteiger partial charge on any atom is 0.243 e. The van der Waals surface area contributed by atoms with E-state index in [1.165, 1.54) is 29.8 Å². The van der Waals surface area contributed by atoms with Crippen molar-refractivity contribution in [2.45, 2.75) is 51.4 Å². The van der Waals surface area contributed by atoms with Crippen molar-refractivity contribution in [2.24, 2.45) is 5.10 Å². The van der Waals surface area contributed by atoms with E-state index in [-0.39, 0.29) is 24.7 Å². The number of benzene rings is 1. The molecule has 0 saturated heterocycles. The van der Waals surface area contributed by atoms with Crippen LogP contribution >= 0.6 is 0 Å². The second-order valence-electron chi connectivity index (χ2n) is 6.89. The van der Waals surface area contributed by atoms with Crippen LogP contribution in [0.5, 0.6) is 0 Å². The maximum atomic E-state index is 12.3. The average molecular weight is 353 g/mol. The summed E-state index contributed by atoms with van der Waals surface area (Å²) in [7, 11) is 0. The molecule has 5 nitrogen and oxygen atoms in total. The molecule has 0 unspecified atom stereocenters. The van der Waals surface area contributed by atoms with Crippen molar-refractivity contribution in [3.05, 3.63) is 47.5 Å². The van der Waals surface area contributed by atoms with E-state index in [9.17, 15) is 9.59 Å². The Morgan fingerprint density at radius 3 is 2.69 bits per heavy atom. The van der Waals surface area contributed by atoms with Crippen LogP contribution in [0.1, 0.15) is 56.9 Å². The average Bonchev–Trinajstić information content (AvgIpc) is 3.18. The molecule has 0 spiro atoms.